The maximum Gasteiger partial charge on any atom is 0.573 e. The molecule has 1 saturated carbocycles. The zero-order valence-corrected chi connectivity index (χ0v) is 11.6. The second-order valence-electron chi connectivity index (χ2n) is 5.13. The van der Waals surface area contributed by atoms with Gasteiger partial charge in [0.15, 0.2) is 0 Å². The summed E-state index contributed by atoms with van der Waals surface area (Å²) < 4.78 is 40.0. The van der Waals surface area contributed by atoms with E-state index in [0.717, 1.165) is 25.0 Å². The van der Waals surface area contributed by atoms with Gasteiger partial charge in [0, 0.05) is 25.2 Å². The molecule has 7 heteroatoms. The van der Waals surface area contributed by atoms with Crippen molar-refractivity contribution in [2.45, 2.75) is 25.2 Å². The van der Waals surface area contributed by atoms with Crippen LogP contribution in [-0.4, -0.2) is 36.8 Å². The zero-order valence-electron chi connectivity index (χ0n) is 11.6. The Morgan fingerprint density at radius 1 is 1.38 bits per heavy atom. The van der Waals surface area contributed by atoms with Gasteiger partial charge in [0.05, 0.1) is 0 Å². The summed E-state index contributed by atoms with van der Waals surface area (Å²) >= 11 is 0. The van der Waals surface area contributed by atoms with E-state index < -0.39 is 6.36 Å². The maximum atomic E-state index is 12.3. The van der Waals surface area contributed by atoms with Crippen LogP contribution >= 0.6 is 0 Å². The maximum absolute atomic E-state index is 12.3. The van der Waals surface area contributed by atoms with Gasteiger partial charge in [-0.05, 0) is 43.0 Å². The Hall–Kier alpha value is -1.76. The summed E-state index contributed by atoms with van der Waals surface area (Å²) in [6.07, 6.45) is -2.63. The predicted molar refractivity (Wildman–Crippen MR) is 70.8 cm³/mol. The highest BCUT2D eigenvalue weighted by atomic mass is 19.4. The molecule has 1 fully saturated rings. The van der Waals surface area contributed by atoms with E-state index in [1.165, 1.54) is 12.1 Å². The van der Waals surface area contributed by atoms with Crippen molar-refractivity contribution in [3.63, 3.8) is 0 Å². The molecule has 0 saturated heterocycles. The highest BCUT2D eigenvalue weighted by Gasteiger charge is 2.35. The Bertz CT molecular complexity index is 498. The first-order chi connectivity index (χ1) is 9.81. The summed E-state index contributed by atoms with van der Waals surface area (Å²) in [6.45, 7) is 0.377. The summed E-state index contributed by atoms with van der Waals surface area (Å²) in [5.74, 6) is -0.174. The molecule has 1 aliphatic carbocycles. The van der Waals surface area contributed by atoms with Crippen LogP contribution in [0.25, 0.3) is 0 Å². The van der Waals surface area contributed by atoms with Crippen molar-refractivity contribution < 1.29 is 22.7 Å². The van der Waals surface area contributed by atoms with E-state index in [9.17, 15) is 18.0 Å². The minimum atomic E-state index is -4.74. The number of ether oxygens (including phenoxy) is 1. The molecule has 1 aromatic carbocycles. The smallest absolute Gasteiger partial charge is 0.406 e. The highest BCUT2D eigenvalue weighted by Crippen LogP contribution is 2.35. The van der Waals surface area contributed by atoms with Crippen molar-refractivity contribution in [2.24, 2.45) is 11.7 Å². The number of amides is 1. The van der Waals surface area contributed by atoms with Crippen molar-refractivity contribution in [3.8, 4) is 5.75 Å². The van der Waals surface area contributed by atoms with E-state index in [1.54, 1.807) is 11.9 Å². The number of hydrogen-bond acceptors (Lipinski definition) is 3. The van der Waals surface area contributed by atoms with Gasteiger partial charge in [-0.25, -0.2) is 0 Å². The van der Waals surface area contributed by atoms with Gasteiger partial charge in [0.1, 0.15) is 5.75 Å². The van der Waals surface area contributed by atoms with Crippen molar-refractivity contribution in [3.05, 3.63) is 29.8 Å². The number of hydrogen-bond donors (Lipinski definition) is 1. The molecule has 1 unspecified atom stereocenters. The lowest BCUT2D eigenvalue weighted by Gasteiger charge is -2.27. The molecule has 2 N–H and O–H groups in total. The fraction of sp³-hybridized carbons (Fsp3) is 0.500. The van der Waals surface area contributed by atoms with Crippen molar-refractivity contribution in [2.75, 3.05) is 13.6 Å². The number of carbonyl (C=O) groups is 1. The van der Waals surface area contributed by atoms with Crippen LogP contribution in [0.5, 0.6) is 5.75 Å². The molecule has 0 radical (unpaired) electrons. The summed E-state index contributed by atoms with van der Waals surface area (Å²) in [4.78, 5) is 13.8. The zero-order chi connectivity index (χ0) is 15.6. The molecule has 0 aliphatic heterocycles. The first kappa shape index (κ1) is 15.6. The Kier molecular flexibility index (Phi) is 4.41. The lowest BCUT2D eigenvalue weighted by atomic mass is 10.1. The number of benzene rings is 1. The van der Waals surface area contributed by atoms with Crippen LogP contribution in [0.2, 0.25) is 0 Å². The average Bonchev–Trinajstić information content (AvgIpc) is 3.22. The highest BCUT2D eigenvalue weighted by molar-refractivity contribution is 5.94. The summed E-state index contributed by atoms with van der Waals surface area (Å²) in [6, 6.07) is 4.87. The molecule has 1 aromatic rings. The molecule has 1 amide bonds. The molecule has 4 nitrogen and oxygen atoms in total. The minimum absolute atomic E-state index is 0.0244. The van der Waals surface area contributed by atoms with Crippen LogP contribution in [0.3, 0.4) is 0 Å². The van der Waals surface area contributed by atoms with Gasteiger partial charge in [-0.1, -0.05) is 0 Å². The standard InChI is InChI=1S/C14H17F3N2O2/c1-19(12(8-18)9-2-3-9)13(20)10-4-6-11(7-5-10)21-14(15,16)17/h4-7,9,12H,2-3,8,18H2,1H3. The first-order valence-corrected chi connectivity index (χ1v) is 6.65. The normalized spacial score (nSPS) is 16.4. The predicted octanol–water partition coefficient (Wildman–Crippen LogP) is 2.39. The second-order valence-corrected chi connectivity index (χ2v) is 5.13. The molecule has 21 heavy (non-hydrogen) atoms. The number of nitrogens with two attached hydrogens (primary N) is 1. The number of alkyl halides is 3. The molecule has 0 bridgehead atoms. The Morgan fingerprint density at radius 3 is 2.38 bits per heavy atom. The molecule has 0 heterocycles. The summed E-state index contributed by atoms with van der Waals surface area (Å²) in [5, 5.41) is 0. The van der Waals surface area contributed by atoms with Crippen LogP contribution < -0.4 is 10.5 Å². The largest absolute Gasteiger partial charge is 0.573 e. The van der Waals surface area contributed by atoms with Gasteiger partial charge in [-0.2, -0.15) is 0 Å². The molecular formula is C14H17F3N2O2. The van der Waals surface area contributed by atoms with Crippen molar-refractivity contribution in [1.82, 2.24) is 4.90 Å². The fourth-order valence-corrected chi connectivity index (χ4v) is 2.30. The number of likely N-dealkylation sites (N-methyl/N-ethyl adjacent to an activating group) is 1. The molecule has 0 spiro atoms. The third-order valence-corrected chi connectivity index (χ3v) is 3.56. The number of halogens is 3. The van der Waals surface area contributed by atoms with Crippen LogP contribution in [0.4, 0.5) is 13.2 Å². The lowest BCUT2D eigenvalue weighted by molar-refractivity contribution is -0.274. The molecule has 1 atom stereocenters. The first-order valence-electron chi connectivity index (χ1n) is 6.65. The minimum Gasteiger partial charge on any atom is -0.406 e. The second kappa shape index (κ2) is 5.93. The Balaban J connectivity index is 2.05. The Morgan fingerprint density at radius 2 is 1.95 bits per heavy atom. The van der Waals surface area contributed by atoms with E-state index in [-0.39, 0.29) is 17.7 Å². The van der Waals surface area contributed by atoms with E-state index in [1.807, 2.05) is 0 Å². The molecule has 1 aliphatic rings. The van der Waals surface area contributed by atoms with Gasteiger partial charge in [-0.15, -0.1) is 13.2 Å². The van der Waals surface area contributed by atoms with Gasteiger partial charge in [-0.3, -0.25) is 4.79 Å². The van der Waals surface area contributed by atoms with Gasteiger partial charge in [0.25, 0.3) is 5.91 Å². The van der Waals surface area contributed by atoms with Crippen molar-refractivity contribution >= 4 is 5.91 Å². The van der Waals surface area contributed by atoms with E-state index in [2.05, 4.69) is 4.74 Å². The lowest BCUT2D eigenvalue weighted by Crippen LogP contribution is -2.43. The molecule has 0 aromatic heterocycles. The van der Waals surface area contributed by atoms with E-state index in [0.29, 0.717) is 18.0 Å². The Labute approximate surface area is 120 Å². The third-order valence-electron chi connectivity index (χ3n) is 3.56. The molecule has 2 rings (SSSR count). The number of rotatable bonds is 5. The quantitative estimate of drug-likeness (QED) is 0.908. The number of nitrogens with zero attached hydrogens (tertiary/aromatic N) is 1. The van der Waals surface area contributed by atoms with Crippen molar-refractivity contribution in [1.29, 1.82) is 0 Å². The average molecular weight is 302 g/mol. The molecule has 116 valence electrons. The van der Waals surface area contributed by atoms with Gasteiger partial charge >= 0.3 is 6.36 Å². The summed E-state index contributed by atoms with van der Waals surface area (Å²) in [7, 11) is 1.66. The van der Waals surface area contributed by atoms with Crippen LogP contribution in [0.1, 0.15) is 23.2 Å². The topological polar surface area (TPSA) is 55.6 Å². The number of carbonyl (C=O) groups excluding carboxylic acids is 1. The fourth-order valence-electron chi connectivity index (χ4n) is 2.30. The van der Waals surface area contributed by atoms with Crippen LogP contribution in [0, 0.1) is 5.92 Å². The molecular weight excluding hydrogens is 285 g/mol. The van der Waals surface area contributed by atoms with Crippen LogP contribution in [0.15, 0.2) is 24.3 Å². The van der Waals surface area contributed by atoms with Gasteiger partial charge < -0.3 is 15.4 Å². The monoisotopic (exact) mass is 302 g/mol. The van der Waals surface area contributed by atoms with E-state index >= 15 is 0 Å². The summed E-state index contributed by atoms with van der Waals surface area (Å²) in [5.41, 5.74) is 6.00. The van der Waals surface area contributed by atoms with E-state index in [4.69, 9.17) is 5.73 Å². The third kappa shape index (κ3) is 4.10. The SMILES string of the molecule is CN(C(=O)c1ccc(OC(F)(F)F)cc1)C(CN)C1CC1. The van der Waals surface area contributed by atoms with Crippen LogP contribution in [-0.2, 0) is 0 Å². The van der Waals surface area contributed by atoms with Gasteiger partial charge in [0.2, 0.25) is 0 Å².